The van der Waals surface area contributed by atoms with Crippen LogP contribution in [0.15, 0.2) is 57.9 Å². The standard InChI is InChI=1S/C21H23N5O3S/c1-4-24(5-2)18-11-8-16(20(27)12-18)13-23-25-19(14-30-21(25)22-3)15-6-9-17(10-7-15)26(28)29/h6-14,27H,4-5H2,1-3H3. The summed E-state index contributed by atoms with van der Waals surface area (Å²) < 4.78 is 1.66. The highest BCUT2D eigenvalue weighted by atomic mass is 32.1. The number of hydrogen-bond acceptors (Lipinski definition) is 7. The molecule has 0 aliphatic carbocycles. The van der Waals surface area contributed by atoms with Gasteiger partial charge in [0, 0.05) is 60.5 Å². The molecule has 0 aliphatic heterocycles. The van der Waals surface area contributed by atoms with Gasteiger partial charge in [0.25, 0.3) is 5.69 Å². The van der Waals surface area contributed by atoms with Gasteiger partial charge in [0.15, 0.2) is 0 Å². The molecule has 0 saturated carbocycles. The van der Waals surface area contributed by atoms with Gasteiger partial charge in [-0.1, -0.05) is 0 Å². The minimum absolute atomic E-state index is 0.0302. The third-order valence-corrected chi connectivity index (χ3v) is 5.61. The molecule has 0 atom stereocenters. The van der Waals surface area contributed by atoms with Crippen molar-refractivity contribution in [2.24, 2.45) is 10.1 Å². The molecule has 30 heavy (non-hydrogen) atoms. The maximum Gasteiger partial charge on any atom is 0.269 e. The number of rotatable bonds is 7. The lowest BCUT2D eigenvalue weighted by Crippen LogP contribution is -2.21. The molecule has 1 N–H and O–H groups in total. The van der Waals surface area contributed by atoms with Crippen molar-refractivity contribution in [2.45, 2.75) is 13.8 Å². The first kappa shape index (κ1) is 21.3. The zero-order valence-electron chi connectivity index (χ0n) is 17.0. The molecule has 2 aromatic carbocycles. The number of phenolic OH excluding ortho intramolecular Hbond substituents is 1. The Morgan fingerprint density at radius 3 is 2.47 bits per heavy atom. The summed E-state index contributed by atoms with van der Waals surface area (Å²) >= 11 is 1.41. The van der Waals surface area contributed by atoms with Crippen LogP contribution in [0.5, 0.6) is 5.75 Å². The number of hydrogen-bond donors (Lipinski definition) is 1. The molecule has 0 aliphatic rings. The fourth-order valence-corrected chi connectivity index (χ4v) is 3.86. The van der Waals surface area contributed by atoms with Crippen LogP contribution in [-0.4, -0.2) is 41.1 Å². The molecule has 1 aromatic heterocycles. The Morgan fingerprint density at radius 2 is 1.90 bits per heavy atom. The first-order chi connectivity index (χ1) is 14.5. The summed E-state index contributed by atoms with van der Waals surface area (Å²) in [6, 6.07) is 11.8. The quantitative estimate of drug-likeness (QED) is 0.350. The normalized spacial score (nSPS) is 11.9. The first-order valence-electron chi connectivity index (χ1n) is 9.49. The van der Waals surface area contributed by atoms with E-state index in [9.17, 15) is 15.2 Å². The molecule has 0 unspecified atom stereocenters. The summed E-state index contributed by atoms with van der Waals surface area (Å²) in [4.78, 5) is 17.5. The van der Waals surface area contributed by atoms with E-state index in [2.05, 4.69) is 28.8 Å². The van der Waals surface area contributed by atoms with Crippen LogP contribution in [0.1, 0.15) is 19.4 Å². The van der Waals surface area contributed by atoms with E-state index in [-0.39, 0.29) is 11.4 Å². The van der Waals surface area contributed by atoms with Gasteiger partial charge in [-0.3, -0.25) is 15.1 Å². The molecular weight excluding hydrogens is 402 g/mol. The average Bonchev–Trinajstić information content (AvgIpc) is 3.17. The molecule has 0 amide bonds. The van der Waals surface area contributed by atoms with Gasteiger partial charge < -0.3 is 10.0 Å². The van der Waals surface area contributed by atoms with Gasteiger partial charge in [-0.25, -0.2) is 4.68 Å². The van der Waals surface area contributed by atoms with Gasteiger partial charge in [0.05, 0.1) is 16.8 Å². The highest BCUT2D eigenvalue weighted by Gasteiger charge is 2.11. The van der Waals surface area contributed by atoms with Crippen molar-refractivity contribution in [3.05, 3.63) is 68.3 Å². The van der Waals surface area contributed by atoms with E-state index in [1.807, 2.05) is 17.5 Å². The molecule has 8 nitrogen and oxygen atoms in total. The Bertz CT molecular complexity index is 1130. The molecule has 0 bridgehead atoms. The highest BCUT2D eigenvalue weighted by molar-refractivity contribution is 7.07. The van der Waals surface area contributed by atoms with E-state index in [0.717, 1.165) is 30.0 Å². The number of nitrogens with zero attached hydrogens (tertiary/aromatic N) is 5. The number of nitro benzene ring substituents is 1. The van der Waals surface area contributed by atoms with Crippen LogP contribution in [0.3, 0.4) is 0 Å². The SMILES string of the molecule is CCN(CC)c1ccc(C=Nn2c(-c3ccc([N+](=O)[O-])cc3)csc2=NC)c(O)c1. The smallest absolute Gasteiger partial charge is 0.269 e. The number of aromatic hydroxyl groups is 1. The fraction of sp³-hybridized carbons (Fsp3) is 0.238. The number of thiazole rings is 1. The third kappa shape index (κ3) is 4.41. The summed E-state index contributed by atoms with van der Waals surface area (Å²) in [7, 11) is 1.67. The summed E-state index contributed by atoms with van der Waals surface area (Å²) in [5.41, 5.74) is 3.11. The van der Waals surface area contributed by atoms with Gasteiger partial charge in [-0.2, -0.15) is 5.10 Å². The number of anilines is 1. The van der Waals surface area contributed by atoms with Crippen molar-refractivity contribution in [3.63, 3.8) is 0 Å². The Balaban J connectivity index is 1.96. The third-order valence-electron chi connectivity index (χ3n) is 4.71. The van der Waals surface area contributed by atoms with Crippen molar-refractivity contribution in [1.82, 2.24) is 4.68 Å². The van der Waals surface area contributed by atoms with Crippen molar-refractivity contribution in [3.8, 4) is 17.0 Å². The van der Waals surface area contributed by atoms with E-state index in [1.54, 1.807) is 36.1 Å². The lowest BCUT2D eigenvalue weighted by molar-refractivity contribution is -0.384. The molecule has 1 heterocycles. The largest absolute Gasteiger partial charge is 0.507 e. The van der Waals surface area contributed by atoms with Crippen molar-refractivity contribution < 1.29 is 10.0 Å². The maximum absolute atomic E-state index is 10.9. The molecular formula is C21H23N5O3S. The van der Waals surface area contributed by atoms with Crippen molar-refractivity contribution in [1.29, 1.82) is 0 Å². The predicted octanol–water partition coefficient (Wildman–Crippen LogP) is 4.09. The topological polar surface area (TPSA) is 96.3 Å². The molecule has 0 radical (unpaired) electrons. The number of nitro groups is 1. The van der Waals surface area contributed by atoms with Crippen LogP contribution in [-0.2, 0) is 0 Å². The molecule has 3 rings (SSSR count). The zero-order valence-corrected chi connectivity index (χ0v) is 17.8. The molecule has 3 aromatic rings. The van der Waals surface area contributed by atoms with Crippen LogP contribution in [0.2, 0.25) is 0 Å². The number of non-ortho nitro benzene ring substituents is 1. The Labute approximate surface area is 178 Å². The minimum atomic E-state index is -0.430. The second kappa shape index (κ2) is 9.36. The monoisotopic (exact) mass is 425 g/mol. The Kier molecular flexibility index (Phi) is 6.63. The van der Waals surface area contributed by atoms with Gasteiger partial charge >= 0.3 is 0 Å². The fourth-order valence-electron chi connectivity index (χ4n) is 3.06. The van der Waals surface area contributed by atoms with E-state index in [0.29, 0.717) is 10.4 Å². The van der Waals surface area contributed by atoms with Crippen LogP contribution in [0.4, 0.5) is 11.4 Å². The van der Waals surface area contributed by atoms with E-state index in [4.69, 9.17) is 0 Å². The zero-order chi connectivity index (χ0) is 21.7. The molecule has 0 fully saturated rings. The van der Waals surface area contributed by atoms with Crippen LogP contribution >= 0.6 is 11.3 Å². The molecule has 0 saturated heterocycles. The lowest BCUT2D eigenvalue weighted by atomic mass is 10.1. The Morgan fingerprint density at radius 1 is 1.20 bits per heavy atom. The Hall–Kier alpha value is -3.46. The van der Waals surface area contributed by atoms with E-state index < -0.39 is 4.92 Å². The highest BCUT2D eigenvalue weighted by Crippen LogP contribution is 2.25. The molecule has 9 heteroatoms. The van der Waals surface area contributed by atoms with E-state index >= 15 is 0 Å². The average molecular weight is 426 g/mol. The minimum Gasteiger partial charge on any atom is -0.507 e. The predicted molar refractivity (Wildman–Crippen MR) is 121 cm³/mol. The van der Waals surface area contributed by atoms with Gasteiger partial charge in [-0.15, -0.1) is 11.3 Å². The lowest BCUT2D eigenvalue weighted by Gasteiger charge is -2.21. The van der Waals surface area contributed by atoms with Crippen molar-refractivity contribution >= 4 is 28.9 Å². The van der Waals surface area contributed by atoms with Gasteiger partial charge in [0.1, 0.15) is 5.75 Å². The number of aromatic nitrogens is 1. The number of benzene rings is 2. The van der Waals surface area contributed by atoms with E-state index in [1.165, 1.54) is 23.5 Å². The van der Waals surface area contributed by atoms with Gasteiger partial charge in [-0.05, 0) is 38.1 Å². The molecule has 0 spiro atoms. The first-order valence-corrected chi connectivity index (χ1v) is 10.4. The second-order valence-corrected chi connectivity index (χ2v) is 7.24. The summed E-state index contributed by atoms with van der Waals surface area (Å²) in [6.45, 7) is 5.85. The van der Waals surface area contributed by atoms with Crippen LogP contribution in [0, 0.1) is 10.1 Å². The second-order valence-electron chi connectivity index (χ2n) is 6.40. The van der Waals surface area contributed by atoms with Gasteiger partial charge in [0.2, 0.25) is 4.80 Å². The summed E-state index contributed by atoms with van der Waals surface area (Å²) in [5, 5.41) is 27.8. The number of phenols is 1. The summed E-state index contributed by atoms with van der Waals surface area (Å²) in [5.74, 6) is 0.144. The summed E-state index contributed by atoms with van der Waals surface area (Å²) in [6.07, 6.45) is 1.58. The van der Waals surface area contributed by atoms with Crippen molar-refractivity contribution in [2.75, 3.05) is 25.0 Å². The van der Waals surface area contributed by atoms with Crippen LogP contribution in [0.25, 0.3) is 11.3 Å². The molecule has 156 valence electrons. The maximum atomic E-state index is 10.9. The van der Waals surface area contributed by atoms with Crippen LogP contribution < -0.4 is 9.70 Å².